The second-order valence-electron chi connectivity index (χ2n) is 7.08. The SMILES string of the molecule is COCC(C)(C)/C([OH2+])=C/C(N)=NC(=O)[C@@H]1CCN1c1ccc(C)cc1. The van der Waals surface area contributed by atoms with Crippen LogP contribution >= 0.6 is 0 Å². The fraction of sp³-hybridized carbons (Fsp3) is 0.474. The van der Waals surface area contributed by atoms with E-state index in [1.165, 1.54) is 11.6 Å². The summed E-state index contributed by atoms with van der Waals surface area (Å²) < 4.78 is 5.11. The molecular formula is C19H28N3O3+. The number of carbonyl (C=O) groups is 1. The highest BCUT2D eigenvalue weighted by molar-refractivity contribution is 6.03. The topological polar surface area (TPSA) is 90.8 Å². The van der Waals surface area contributed by atoms with Crippen molar-refractivity contribution in [2.75, 3.05) is 25.2 Å². The van der Waals surface area contributed by atoms with Gasteiger partial charge in [-0.3, -0.25) is 4.79 Å². The lowest BCUT2D eigenvalue weighted by Gasteiger charge is -2.40. The van der Waals surface area contributed by atoms with E-state index in [4.69, 9.17) is 15.6 Å². The first-order chi connectivity index (χ1) is 11.7. The summed E-state index contributed by atoms with van der Waals surface area (Å²) in [4.78, 5) is 18.4. The summed E-state index contributed by atoms with van der Waals surface area (Å²) in [5, 5.41) is 8.11. The van der Waals surface area contributed by atoms with E-state index in [0.29, 0.717) is 6.61 Å². The van der Waals surface area contributed by atoms with E-state index in [2.05, 4.69) is 4.99 Å². The first kappa shape index (κ1) is 19.0. The highest BCUT2D eigenvalue weighted by Crippen LogP contribution is 2.28. The summed E-state index contributed by atoms with van der Waals surface area (Å²) >= 11 is 0. The molecule has 6 nitrogen and oxygen atoms in total. The van der Waals surface area contributed by atoms with E-state index >= 15 is 0 Å². The molecule has 0 aromatic heterocycles. The number of methoxy groups -OCH3 is 1. The monoisotopic (exact) mass is 346 g/mol. The zero-order valence-corrected chi connectivity index (χ0v) is 15.4. The van der Waals surface area contributed by atoms with Crippen LogP contribution in [0.15, 0.2) is 41.1 Å². The van der Waals surface area contributed by atoms with Gasteiger partial charge in [0.1, 0.15) is 11.9 Å². The summed E-state index contributed by atoms with van der Waals surface area (Å²) in [6.07, 6.45) is 2.20. The summed E-state index contributed by atoms with van der Waals surface area (Å²) in [6.45, 7) is 7.02. The van der Waals surface area contributed by atoms with Gasteiger partial charge in [-0.1, -0.05) is 17.7 Å². The molecule has 136 valence electrons. The number of nitrogens with zero attached hydrogens (tertiary/aromatic N) is 2. The number of hydrogen-bond acceptors (Lipinski definition) is 3. The number of rotatable bonds is 6. The van der Waals surface area contributed by atoms with Gasteiger partial charge in [0.25, 0.3) is 5.91 Å². The number of hydrogen-bond donors (Lipinski definition) is 1. The van der Waals surface area contributed by atoms with Crippen molar-refractivity contribution in [2.24, 2.45) is 16.1 Å². The van der Waals surface area contributed by atoms with Crippen molar-refractivity contribution >= 4 is 17.4 Å². The van der Waals surface area contributed by atoms with Crippen LogP contribution in [-0.4, -0.2) is 43.2 Å². The van der Waals surface area contributed by atoms with Crippen LogP contribution in [0.4, 0.5) is 5.69 Å². The van der Waals surface area contributed by atoms with Gasteiger partial charge in [0.15, 0.2) is 0 Å². The average molecular weight is 346 g/mol. The number of amidine groups is 1. The number of benzene rings is 1. The molecule has 1 aliphatic rings. The van der Waals surface area contributed by atoms with Crippen LogP contribution in [0.2, 0.25) is 0 Å². The maximum Gasteiger partial charge on any atom is 0.270 e. The van der Waals surface area contributed by atoms with Gasteiger partial charge in [0.05, 0.1) is 18.1 Å². The minimum absolute atomic E-state index is 0.0648. The van der Waals surface area contributed by atoms with Crippen molar-refractivity contribution in [1.29, 1.82) is 0 Å². The second-order valence-corrected chi connectivity index (χ2v) is 7.08. The molecule has 1 atom stereocenters. The molecule has 6 heteroatoms. The van der Waals surface area contributed by atoms with E-state index in [1.807, 2.05) is 49.9 Å². The van der Waals surface area contributed by atoms with E-state index < -0.39 is 5.41 Å². The van der Waals surface area contributed by atoms with Gasteiger partial charge in [0, 0.05) is 19.3 Å². The van der Waals surface area contributed by atoms with Gasteiger partial charge in [-0.05, 0) is 39.3 Å². The maximum atomic E-state index is 12.4. The van der Waals surface area contributed by atoms with Gasteiger partial charge in [-0.2, -0.15) is 4.99 Å². The summed E-state index contributed by atoms with van der Waals surface area (Å²) in [5.74, 6) is 0.0836. The molecule has 1 aliphatic heterocycles. The Bertz CT molecular complexity index is 678. The summed E-state index contributed by atoms with van der Waals surface area (Å²) in [7, 11) is 1.59. The van der Waals surface area contributed by atoms with Crippen molar-refractivity contribution in [3.63, 3.8) is 0 Å². The van der Waals surface area contributed by atoms with Crippen molar-refractivity contribution in [3.05, 3.63) is 41.7 Å². The number of aliphatic imine (C=N–C) groups is 1. The largest absolute Gasteiger partial charge is 0.596 e. The fourth-order valence-corrected chi connectivity index (χ4v) is 2.71. The van der Waals surface area contributed by atoms with Crippen molar-refractivity contribution < 1.29 is 14.6 Å². The molecule has 0 spiro atoms. The molecule has 25 heavy (non-hydrogen) atoms. The molecule has 1 aromatic rings. The molecule has 1 amide bonds. The van der Waals surface area contributed by atoms with Crippen molar-refractivity contribution in [2.45, 2.75) is 33.2 Å². The first-order valence-corrected chi connectivity index (χ1v) is 8.38. The third-order valence-corrected chi connectivity index (χ3v) is 4.44. The molecule has 4 N–H and O–H groups in total. The molecule has 2 rings (SSSR count). The minimum atomic E-state index is -0.484. The molecule has 1 fully saturated rings. The Morgan fingerprint density at radius 3 is 2.60 bits per heavy atom. The maximum absolute atomic E-state index is 12.4. The predicted octanol–water partition coefficient (Wildman–Crippen LogP) is 1.74. The Kier molecular flexibility index (Phi) is 5.85. The smallest absolute Gasteiger partial charge is 0.270 e. The molecule has 0 bridgehead atoms. The van der Waals surface area contributed by atoms with Crippen LogP contribution in [0.1, 0.15) is 25.8 Å². The lowest BCUT2D eigenvalue weighted by atomic mass is 9.91. The van der Waals surface area contributed by atoms with Gasteiger partial charge in [0.2, 0.25) is 5.76 Å². The van der Waals surface area contributed by atoms with Crippen LogP contribution in [0.3, 0.4) is 0 Å². The Balaban J connectivity index is 2.07. The van der Waals surface area contributed by atoms with Crippen LogP contribution < -0.4 is 10.6 Å². The zero-order chi connectivity index (χ0) is 18.6. The average Bonchev–Trinajstić information content (AvgIpc) is 2.47. The quantitative estimate of drug-likeness (QED) is 0.368. The van der Waals surface area contributed by atoms with Crippen molar-refractivity contribution in [3.8, 4) is 0 Å². The number of nitrogens with two attached hydrogens (primary N) is 1. The Hall–Kier alpha value is -2.34. The number of carbonyl (C=O) groups excluding carboxylic acids is 1. The molecular weight excluding hydrogens is 318 g/mol. The van der Waals surface area contributed by atoms with Crippen LogP contribution in [0, 0.1) is 12.3 Å². The number of aryl methyl sites for hydroxylation is 1. The Labute approximate surface area is 149 Å². The molecule has 0 radical (unpaired) electrons. The Morgan fingerprint density at radius 1 is 1.44 bits per heavy atom. The minimum Gasteiger partial charge on any atom is -0.596 e. The molecule has 1 aromatic carbocycles. The van der Waals surface area contributed by atoms with Gasteiger partial charge < -0.3 is 20.5 Å². The molecule has 1 saturated heterocycles. The predicted molar refractivity (Wildman–Crippen MR) is 101 cm³/mol. The van der Waals surface area contributed by atoms with Gasteiger partial charge in [-0.15, -0.1) is 0 Å². The van der Waals surface area contributed by atoms with Gasteiger partial charge >= 0.3 is 0 Å². The van der Waals surface area contributed by atoms with E-state index in [1.54, 1.807) is 7.11 Å². The van der Waals surface area contributed by atoms with E-state index in [0.717, 1.165) is 18.7 Å². The molecule has 0 unspecified atom stereocenters. The standard InChI is InChI=1S/C19H27N3O3/c1-13-5-7-14(8-6-13)22-10-9-15(22)18(24)21-17(20)11-16(23)19(2,3)12-25-4/h5-8,11,15,23H,9-10,12H2,1-4H3,(H2,20,21,24)/p+1/b16-11-/t15-/m0/s1. The van der Waals surface area contributed by atoms with Crippen molar-refractivity contribution in [1.82, 2.24) is 0 Å². The zero-order valence-electron chi connectivity index (χ0n) is 15.4. The van der Waals surface area contributed by atoms with Crippen LogP contribution in [0.25, 0.3) is 0 Å². The summed E-state index contributed by atoms with van der Waals surface area (Å²) in [5.41, 5.74) is 7.58. The number of amides is 1. The third kappa shape index (κ3) is 4.60. The third-order valence-electron chi connectivity index (χ3n) is 4.44. The highest BCUT2D eigenvalue weighted by atomic mass is 16.5. The lowest BCUT2D eigenvalue weighted by Crippen LogP contribution is -2.52. The second kappa shape index (κ2) is 7.70. The number of anilines is 1. The summed E-state index contributed by atoms with van der Waals surface area (Å²) in [6, 6.07) is 7.80. The van der Waals surface area contributed by atoms with Crippen LogP contribution in [-0.2, 0) is 9.53 Å². The fourth-order valence-electron chi connectivity index (χ4n) is 2.71. The number of ether oxygens (including phenoxy) is 1. The molecule has 1 heterocycles. The molecule has 0 aliphatic carbocycles. The normalized spacial score (nSPS) is 18.9. The van der Waals surface area contributed by atoms with E-state index in [9.17, 15) is 4.79 Å². The lowest BCUT2D eigenvalue weighted by molar-refractivity contribution is -0.120. The van der Waals surface area contributed by atoms with E-state index in [-0.39, 0.29) is 23.5 Å². The molecule has 0 saturated carbocycles. The first-order valence-electron chi connectivity index (χ1n) is 8.38. The van der Waals surface area contributed by atoms with Crippen LogP contribution in [0.5, 0.6) is 0 Å². The highest BCUT2D eigenvalue weighted by Gasteiger charge is 2.34. The van der Waals surface area contributed by atoms with Gasteiger partial charge in [-0.25, -0.2) is 0 Å². The Morgan fingerprint density at radius 2 is 2.08 bits per heavy atom.